The van der Waals surface area contributed by atoms with E-state index in [1.165, 1.54) is 6.08 Å². The largest absolute Gasteiger partial charge is 0.497 e. The Morgan fingerprint density at radius 3 is 2.04 bits per heavy atom. The molecule has 0 N–H and O–H groups in total. The monoisotopic (exact) mass is 367 g/mol. The summed E-state index contributed by atoms with van der Waals surface area (Å²) in [6.45, 7) is 0. The number of benzene rings is 3. The highest BCUT2D eigenvalue weighted by Gasteiger charge is 2.31. The molecule has 28 heavy (non-hydrogen) atoms. The number of nitriles is 1. The second-order valence-electron chi connectivity index (χ2n) is 6.40. The number of esters is 1. The predicted molar refractivity (Wildman–Crippen MR) is 106 cm³/mol. The van der Waals surface area contributed by atoms with Crippen LogP contribution in [0.5, 0.6) is 5.75 Å². The van der Waals surface area contributed by atoms with Crippen molar-refractivity contribution in [3.8, 4) is 22.9 Å². The first-order chi connectivity index (χ1) is 13.7. The molecule has 4 rings (SSSR count). The van der Waals surface area contributed by atoms with Crippen LogP contribution in [0.1, 0.15) is 22.8 Å². The summed E-state index contributed by atoms with van der Waals surface area (Å²) < 4.78 is 10.9. The lowest BCUT2D eigenvalue weighted by atomic mass is 10.1. The number of methoxy groups -OCH3 is 1. The smallest absolute Gasteiger partial charge is 0.349 e. The summed E-state index contributed by atoms with van der Waals surface area (Å²) in [5.41, 5.74) is 4.63. The van der Waals surface area contributed by atoms with Gasteiger partial charge in [-0.05, 0) is 34.9 Å². The van der Waals surface area contributed by atoms with Crippen molar-refractivity contribution in [2.75, 3.05) is 7.11 Å². The molecule has 0 aliphatic heterocycles. The number of rotatable bonds is 4. The van der Waals surface area contributed by atoms with E-state index >= 15 is 0 Å². The number of fused-ring (bicyclic) bond motifs is 3. The van der Waals surface area contributed by atoms with Crippen molar-refractivity contribution in [3.63, 3.8) is 0 Å². The fraction of sp³-hybridized carbons (Fsp3) is 0.0833. The number of ether oxygens (including phenoxy) is 2. The van der Waals surface area contributed by atoms with Gasteiger partial charge in [0.2, 0.25) is 0 Å². The molecule has 0 radical (unpaired) electrons. The molecule has 3 aromatic carbocycles. The van der Waals surface area contributed by atoms with Crippen molar-refractivity contribution in [2.24, 2.45) is 0 Å². The highest BCUT2D eigenvalue weighted by molar-refractivity contribution is 5.98. The predicted octanol–water partition coefficient (Wildman–Crippen LogP) is 4.92. The molecular weight excluding hydrogens is 350 g/mol. The van der Waals surface area contributed by atoms with Gasteiger partial charge in [-0.3, -0.25) is 0 Å². The Hall–Kier alpha value is -3.84. The van der Waals surface area contributed by atoms with Gasteiger partial charge >= 0.3 is 5.97 Å². The second kappa shape index (κ2) is 7.42. The highest BCUT2D eigenvalue weighted by atomic mass is 16.5. The highest BCUT2D eigenvalue weighted by Crippen LogP contribution is 2.45. The molecule has 4 heteroatoms. The van der Waals surface area contributed by atoms with Crippen LogP contribution in [0.4, 0.5) is 0 Å². The summed E-state index contributed by atoms with van der Waals surface area (Å²) in [6.07, 6.45) is 1.00. The average molecular weight is 367 g/mol. The van der Waals surface area contributed by atoms with Gasteiger partial charge in [0.05, 0.1) is 7.11 Å². The maximum Gasteiger partial charge on any atom is 0.349 e. The first-order valence-electron chi connectivity index (χ1n) is 8.86. The first-order valence-corrected chi connectivity index (χ1v) is 8.86. The minimum Gasteiger partial charge on any atom is -0.497 e. The van der Waals surface area contributed by atoms with Crippen LogP contribution in [0, 0.1) is 11.3 Å². The SMILES string of the molecule is COc1ccc(/C=C(\C#N)C(=O)OC2c3ccccc3-c3ccccc32)cc1. The average Bonchev–Trinajstić information content (AvgIpc) is 3.06. The molecule has 0 atom stereocenters. The summed E-state index contributed by atoms with van der Waals surface area (Å²) in [7, 11) is 1.58. The Kier molecular flexibility index (Phi) is 4.65. The number of hydrogen-bond acceptors (Lipinski definition) is 4. The molecule has 3 aromatic rings. The van der Waals surface area contributed by atoms with E-state index in [0.717, 1.165) is 27.8 Å². The number of nitrogens with zero attached hydrogens (tertiary/aromatic N) is 1. The van der Waals surface area contributed by atoms with Crippen molar-refractivity contribution >= 4 is 12.0 Å². The Bertz CT molecular complexity index is 1060. The van der Waals surface area contributed by atoms with Crippen molar-refractivity contribution < 1.29 is 14.3 Å². The Labute approximate surface area is 163 Å². The topological polar surface area (TPSA) is 59.3 Å². The second-order valence-corrected chi connectivity index (χ2v) is 6.40. The molecule has 0 saturated heterocycles. The van der Waals surface area contributed by atoms with Gasteiger partial charge in [0.1, 0.15) is 17.4 Å². The van der Waals surface area contributed by atoms with E-state index in [-0.39, 0.29) is 5.57 Å². The molecule has 0 fully saturated rings. The zero-order chi connectivity index (χ0) is 19.5. The quantitative estimate of drug-likeness (QED) is 0.373. The number of hydrogen-bond donors (Lipinski definition) is 0. The van der Waals surface area contributed by atoms with E-state index < -0.39 is 12.1 Å². The van der Waals surface area contributed by atoms with Gasteiger partial charge in [-0.1, -0.05) is 60.7 Å². The van der Waals surface area contributed by atoms with Crippen molar-refractivity contribution in [2.45, 2.75) is 6.10 Å². The van der Waals surface area contributed by atoms with Crippen LogP contribution in [0.3, 0.4) is 0 Å². The van der Waals surface area contributed by atoms with Gasteiger partial charge in [0.25, 0.3) is 0 Å². The molecular formula is C24H17NO3. The van der Waals surface area contributed by atoms with Gasteiger partial charge in [0, 0.05) is 11.1 Å². The van der Waals surface area contributed by atoms with Crippen LogP contribution in [-0.2, 0) is 9.53 Å². The zero-order valence-corrected chi connectivity index (χ0v) is 15.3. The molecule has 1 aliphatic carbocycles. The van der Waals surface area contributed by atoms with E-state index in [2.05, 4.69) is 0 Å². The number of carbonyl (C=O) groups excluding carboxylic acids is 1. The van der Waals surface area contributed by atoms with Crippen molar-refractivity contribution in [3.05, 3.63) is 95.1 Å². The van der Waals surface area contributed by atoms with E-state index in [9.17, 15) is 10.1 Å². The third kappa shape index (κ3) is 3.15. The molecule has 0 bridgehead atoms. The minimum absolute atomic E-state index is 0.0490. The molecule has 136 valence electrons. The zero-order valence-electron chi connectivity index (χ0n) is 15.3. The normalized spacial score (nSPS) is 12.6. The number of carbonyl (C=O) groups is 1. The van der Waals surface area contributed by atoms with E-state index in [4.69, 9.17) is 9.47 Å². The summed E-state index contributed by atoms with van der Waals surface area (Å²) >= 11 is 0. The van der Waals surface area contributed by atoms with Crippen LogP contribution in [0.15, 0.2) is 78.4 Å². The summed E-state index contributed by atoms with van der Waals surface area (Å²) in [5, 5.41) is 9.48. The maximum absolute atomic E-state index is 12.7. The van der Waals surface area contributed by atoms with E-state index in [0.29, 0.717) is 5.75 Å². The maximum atomic E-state index is 12.7. The Morgan fingerprint density at radius 2 is 1.50 bits per heavy atom. The lowest BCUT2D eigenvalue weighted by molar-refractivity contribution is -0.142. The van der Waals surface area contributed by atoms with Crippen LogP contribution < -0.4 is 4.74 Å². The molecule has 4 nitrogen and oxygen atoms in total. The van der Waals surface area contributed by atoms with Crippen LogP contribution >= 0.6 is 0 Å². The van der Waals surface area contributed by atoms with Gasteiger partial charge in [-0.25, -0.2) is 4.79 Å². The molecule has 1 aliphatic rings. The standard InChI is InChI=1S/C24H17NO3/c1-27-18-12-10-16(11-13-18)14-17(15-25)24(26)28-23-21-8-4-2-6-19(21)20-7-3-5-9-22(20)23/h2-14,23H,1H3/b17-14+. The Balaban J connectivity index is 1.63. The molecule has 0 unspecified atom stereocenters. The molecule has 0 saturated carbocycles. The van der Waals surface area contributed by atoms with E-state index in [1.54, 1.807) is 31.4 Å². The summed E-state index contributed by atoms with van der Waals surface area (Å²) in [5.74, 6) is 0.0622. The third-order valence-electron chi connectivity index (χ3n) is 4.77. The van der Waals surface area contributed by atoms with Gasteiger partial charge < -0.3 is 9.47 Å². The van der Waals surface area contributed by atoms with Crippen LogP contribution in [-0.4, -0.2) is 13.1 Å². The molecule has 0 spiro atoms. The molecule has 0 amide bonds. The van der Waals surface area contributed by atoms with Crippen LogP contribution in [0.2, 0.25) is 0 Å². The fourth-order valence-electron chi connectivity index (χ4n) is 3.41. The van der Waals surface area contributed by atoms with Gasteiger partial charge in [0.15, 0.2) is 6.10 Å². The Morgan fingerprint density at radius 1 is 0.929 bits per heavy atom. The molecule has 0 aromatic heterocycles. The van der Waals surface area contributed by atoms with Crippen LogP contribution in [0.25, 0.3) is 17.2 Å². The fourth-order valence-corrected chi connectivity index (χ4v) is 3.41. The lowest BCUT2D eigenvalue weighted by Crippen LogP contribution is -2.12. The molecule has 0 heterocycles. The van der Waals surface area contributed by atoms with Crippen molar-refractivity contribution in [1.82, 2.24) is 0 Å². The van der Waals surface area contributed by atoms with Gasteiger partial charge in [-0.15, -0.1) is 0 Å². The summed E-state index contributed by atoms with van der Waals surface area (Å²) in [4.78, 5) is 12.7. The first kappa shape index (κ1) is 17.6. The minimum atomic E-state index is -0.644. The lowest BCUT2D eigenvalue weighted by Gasteiger charge is -2.14. The summed E-state index contributed by atoms with van der Waals surface area (Å²) in [6, 6.07) is 24.8. The van der Waals surface area contributed by atoms with Crippen molar-refractivity contribution in [1.29, 1.82) is 5.26 Å². The third-order valence-corrected chi connectivity index (χ3v) is 4.77. The van der Waals surface area contributed by atoms with E-state index in [1.807, 2.05) is 54.6 Å². The van der Waals surface area contributed by atoms with Gasteiger partial charge in [-0.2, -0.15) is 5.26 Å².